The van der Waals surface area contributed by atoms with Crippen LogP contribution in [-0.2, 0) is 51.2 Å². The molecular formula is C36H42N3O14S3+. The number of nitrogens with one attached hydrogen (secondary N) is 1. The molecule has 20 heteroatoms. The van der Waals surface area contributed by atoms with E-state index in [2.05, 4.69) is 5.32 Å². The van der Waals surface area contributed by atoms with Gasteiger partial charge in [0, 0.05) is 25.6 Å². The molecule has 3 aromatic rings. The Balaban J connectivity index is 1.57. The monoisotopic (exact) mass is 836 g/mol. The number of carbonyl (C=O) groups is 2. The summed E-state index contributed by atoms with van der Waals surface area (Å²) in [7, 11) is -12.9. The van der Waals surface area contributed by atoms with E-state index in [1.165, 1.54) is 0 Å². The summed E-state index contributed by atoms with van der Waals surface area (Å²) < 4.78 is 116. The first-order chi connectivity index (χ1) is 26.4. The molecule has 1 aliphatic carbocycles. The van der Waals surface area contributed by atoms with E-state index in [1.54, 1.807) is 95.3 Å². The lowest BCUT2D eigenvalue weighted by molar-refractivity contribution is -0.677. The largest absolute Gasteiger partial charge is 0.465 e. The highest BCUT2D eigenvalue weighted by molar-refractivity contribution is 7.86. The van der Waals surface area contributed by atoms with Crippen molar-refractivity contribution in [3.05, 3.63) is 95.8 Å². The van der Waals surface area contributed by atoms with Crippen LogP contribution < -0.4 is 19.5 Å². The molecule has 2 aromatic carbocycles. The summed E-state index contributed by atoms with van der Waals surface area (Å²) in [6.45, 7) is 1.30. The van der Waals surface area contributed by atoms with Crippen molar-refractivity contribution in [2.24, 2.45) is 5.41 Å². The Morgan fingerprint density at radius 3 is 2.29 bits per heavy atom. The lowest BCUT2D eigenvalue weighted by Crippen LogP contribution is -2.49. The number of benzene rings is 2. The molecule has 302 valence electrons. The molecule has 1 aliphatic heterocycles. The van der Waals surface area contributed by atoms with Crippen LogP contribution in [0.4, 0.5) is 5.69 Å². The Kier molecular flexibility index (Phi) is 13.2. The molecule has 0 fully saturated rings. The quantitative estimate of drug-likeness (QED) is 0.0660. The van der Waals surface area contributed by atoms with Gasteiger partial charge in [-0.3, -0.25) is 23.2 Å². The molecule has 1 unspecified atom stereocenters. The van der Waals surface area contributed by atoms with Crippen LogP contribution in [0.2, 0.25) is 0 Å². The van der Waals surface area contributed by atoms with Crippen LogP contribution in [0.25, 0.3) is 17.2 Å². The van der Waals surface area contributed by atoms with Gasteiger partial charge in [-0.05, 0) is 67.7 Å². The molecule has 0 spiro atoms. The maximum atomic E-state index is 13.9. The van der Waals surface area contributed by atoms with Gasteiger partial charge in [-0.15, -0.1) is 0 Å². The van der Waals surface area contributed by atoms with E-state index in [0.717, 1.165) is 0 Å². The second-order valence-corrected chi connectivity index (χ2v) is 17.8. The van der Waals surface area contributed by atoms with Gasteiger partial charge < -0.3 is 24.1 Å². The highest BCUT2D eigenvalue weighted by Gasteiger charge is 2.49. The van der Waals surface area contributed by atoms with Gasteiger partial charge in [0.05, 0.1) is 35.6 Å². The molecule has 1 atom stereocenters. The van der Waals surface area contributed by atoms with Gasteiger partial charge in [0.15, 0.2) is 17.7 Å². The van der Waals surface area contributed by atoms with Gasteiger partial charge in [-0.25, -0.2) is 0 Å². The Labute approximate surface area is 324 Å². The molecule has 1 amide bonds. The SMILES string of the molecule is CCOC(=O)C1(C(=O)NCCS(=O)(=O)O)CC(/C=C/c2oc3ccccc3[n+]2CCCS(=O)(=O)O)=CC(=C/C=C2\Oc3ccccc3N2CCCS(=O)(=O)O)/C1. The van der Waals surface area contributed by atoms with Crippen molar-refractivity contribution in [1.82, 2.24) is 5.32 Å². The third-order valence-corrected chi connectivity index (χ3v) is 11.2. The minimum atomic E-state index is -4.45. The van der Waals surface area contributed by atoms with Crippen molar-refractivity contribution in [3.63, 3.8) is 0 Å². The van der Waals surface area contributed by atoms with E-state index in [1.807, 2.05) is 0 Å². The summed E-state index contributed by atoms with van der Waals surface area (Å²) in [5.74, 6) is -2.45. The fourth-order valence-corrected chi connectivity index (χ4v) is 7.77. The first kappa shape index (κ1) is 42.3. The number of hydrogen-bond donors (Lipinski definition) is 4. The van der Waals surface area contributed by atoms with E-state index in [0.29, 0.717) is 33.7 Å². The lowest BCUT2D eigenvalue weighted by Gasteiger charge is -2.34. The molecule has 1 aromatic heterocycles. The summed E-state index contributed by atoms with van der Waals surface area (Å²) in [6, 6.07) is 14.1. The highest BCUT2D eigenvalue weighted by Crippen LogP contribution is 2.42. The number of carbonyl (C=O) groups excluding carboxylic acids is 2. The van der Waals surface area contributed by atoms with Crippen molar-refractivity contribution in [3.8, 4) is 5.75 Å². The number of nitrogens with zero attached hydrogens (tertiary/aromatic N) is 2. The third kappa shape index (κ3) is 11.1. The molecule has 2 heterocycles. The van der Waals surface area contributed by atoms with Gasteiger partial charge in [0.25, 0.3) is 35.9 Å². The number of esters is 1. The van der Waals surface area contributed by atoms with E-state index < -0.39 is 71.4 Å². The van der Waals surface area contributed by atoms with Gasteiger partial charge in [0.2, 0.25) is 17.4 Å². The lowest BCUT2D eigenvalue weighted by atomic mass is 9.71. The second-order valence-electron chi connectivity index (χ2n) is 13.1. The number of aromatic nitrogens is 1. The minimum Gasteiger partial charge on any atom is -0.465 e. The number of aryl methyl sites for hydroxylation is 1. The Morgan fingerprint density at radius 1 is 0.893 bits per heavy atom. The number of fused-ring (bicyclic) bond motifs is 2. The van der Waals surface area contributed by atoms with Crippen LogP contribution in [0, 0.1) is 5.41 Å². The standard InChI is InChI=1S/C36H41N3O14S3/c1-2-51-35(41)36(34(40)37-17-22-56(48,49)50)24-26(13-15-32-38(18-7-20-54(42,43)44)28-9-3-5-11-30(28)52-32)23-27(25-36)14-16-33-39(19-8-21-55(45,46)47)29-10-4-6-12-31(29)53-33/h3-6,9-16,23H,2,7-8,17-22,24-25H2,1H3,(H3-,37,40,42,43,44,45,46,47,48,49,50)/p+1. The molecule has 56 heavy (non-hydrogen) atoms. The number of ether oxygens (including phenoxy) is 2. The summed E-state index contributed by atoms with van der Waals surface area (Å²) in [5.41, 5.74) is 0.730. The number of para-hydroxylation sites is 4. The van der Waals surface area contributed by atoms with Gasteiger partial charge >= 0.3 is 11.9 Å². The number of anilines is 1. The number of rotatable bonds is 17. The average molecular weight is 837 g/mol. The first-order valence-electron chi connectivity index (χ1n) is 17.4. The molecule has 5 rings (SSSR count). The normalized spacial score (nSPS) is 19.0. The molecule has 0 bridgehead atoms. The van der Waals surface area contributed by atoms with Crippen LogP contribution >= 0.6 is 0 Å². The van der Waals surface area contributed by atoms with E-state index in [9.17, 15) is 48.5 Å². The Morgan fingerprint density at radius 2 is 1.57 bits per heavy atom. The van der Waals surface area contributed by atoms with Crippen molar-refractivity contribution < 1.29 is 67.0 Å². The van der Waals surface area contributed by atoms with Crippen LogP contribution in [0.5, 0.6) is 5.75 Å². The maximum Gasteiger partial charge on any atom is 0.374 e. The molecule has 2 aliphatic rings. The molecular weight excluding hydrogens is 795 g/mol. The summed E-state index contributed by atoms with van der Waals surface area (Å²) >= 11 is 0. The maximum absolute atomic E-state index is 13.9. The zero-order chi connectivity index (χ0) is 40.7. The average Bonchev–Trinajstić information content (AvgIpc) is 3.65. The van der Waals surface area contributed by atoms with E-state index in [4.69, 9.17) is 13.9 Å². The topological polar surface area (TPSA) is 248 Å². The molecule has 17 nitrogen and oxygen atoms in total. The summed E-state index contributed by atoms with van der Waals surface area (Å²) in [4.78, 5) is 29.4. The molecule has 0 saturated heterocycles. The summed E-state index contributed by atoms with van der Waals surface area (Å²) in [6.07, 6.45) is 7.83. The van der Waals surface area contributed by atoms with Crippen LogP contribution in [0.15, 0.2) is 94.3 Å². The van der Waals surface area contributed by atoms with Crippen molar-refractivity contribution in [2.75, 3.05) is 41.9 Å². The van der Waals surface area contributed by atoms with Gasteiger partial charge in [-0.2, -0.15) is 29.8 Å². The van der Waals surface area contributed by atoms with Crippen molar-refractivity contribution >= 4 is 65.1 Å². The fourth-order valence-electron chi connectivity index (χ4n) is 6.43. The number of hydrogen-bond acceptors (Lipinski definition) is 12. The van der Waals surface area contributed by atoms with Crippen LogP contribution in [0.3, 0.4) is 0 Å². The third-order valence-electron chi connectivity index (χ3n) is 8.85. The van der Waals surface area contributed by atoms with Crippen LogP contribution in [-0.4, -0.2) is 87.7 Å². The Hall–Kier alpha value is -4.86. The predicted octanol–water partition coefficient (Wildman–Crippen LogP) is 3.23. The smallest absolute Gasteiger partial charge is 0.374 e. The molecule has 0 saturated carbocycles. The van der Waals surface area contributed by atoms with E-state index in [-0.39, 0.29) is 57.2 Å². The Bertz CT molecular complexity index is 2430. The molecule has 4 N–H and O–H groups in total. The first-order valence-corrected chi connectivity index (χ1v) is 22.3. The zero-order valence-corrected chi connectivity index (χ0v) is 32.7. The van der Waals surface area contributed by atoms with Crippen LogP contribution in [0.1, 0.15) is 38.5 Å². The van der Waals surface area contributed by atoms with Gasteiger partial charge in [-0.1, -0.05) is 36.4 Å². The number of amides is 1. The fraction of sp³-hybridized carbons (Fsp3) is 0.361. The zero-order valence-electron chi connectivity index (χ0n) is 30.2. The predicted molar refractivity (Wildman–Crippen MR) is 204 cm³/mol. The number of oxazole rings is 1. The minimum absolute atomic E-state index is 0.0621. The van der Waals surface area contributed by atoms with Gasteiger partial charge in [0.1, 0.15) is 0 Å². The van der Waals surface area contributed by atoms with Crippen molar-refractivity contribution in [2.45, 2.75) is 39.2 Å². The summed E-state index contributed by atoms with van der Waals surface area (Å²) in [5, 5.41) is 2.45. The molecule has 0 radical (unpaired) electrons. The van der Waals surface area contributed by atoms with Crippen molar-refractivity contribution in [1.29, 1.82) is 0 Å². The second kappa shape index (κ2) is 17.5. The highest BCUT2D eigenvalue weighted by atomic mass is 32.2. The van der Waals surface area contributed by atoms with E-state index >= 15 is 0 Å². The number of allylic oxidation sites excluding steroid dienone is 6.